The maximum absolute atomic E-state index is 14.1. The quantitative estimate of drug-likeness (QED) is 0.831. The van der Waals surface area contributed by atoms with Crippen LogP contribution in [0.25, 0.3) is 0 Å². The van der Waals surface area contributed by atoms with Crippen LogP contribution in [-0.4, -0.2) is 55.1 Å². The van der Waals surface area contributed by atoms with Gasteiger partial charge in [-0.25, -0.2) is 4.39 Å². The number of methoxy groups -OCH3 is 1. The molecule has 3 aliphatic rings. The minimum Gasteiger partial charge on any atom is -0.387 e. The highest BCUT2D eigenvalue weighted by Crippen LogP contribution is 2.49. The van der Waals surface area contributed by atoms with E-state index in [0.717, 1.165) is 50.9 Å². The first-order valence-corrected chi connectivity index (χ1v) is 11.0. The predicted molar refractivity (Wildman–Crippen MR) is 113 cm³/mol. The van der Waals surface area contributed by atoms with E-state index in [0.29, 0.717) is 6.61 Å². The van der Waals surface area contributed by atoms with Gasteiger partial charge in [0.2, 0.25) is 0 Å². The molecule has 0 spiro atoms. The largest absolute Gasteiger partial charge is 0.387 e. The number of aliphatic hydroxyl groups is 1. The summed E-state index contributed by atoms with van der Waals surface area (Å²) in [5.41, 5.74) is 4.13. The van der Waals surface area contributed by atoms with Gasteiger partial charge < -0.3 is 19.5 Å². The van der Waals surface area contributed by atoms with Crippen LogP contribution in [0, 0.1) is 5.82 Å². The van der Waals surface area contributed by atoms with Gasteiger partial charge in [-0.3, -0.25) is 0 Å². The fourth-order valence-corrected chi connectivity index (χ4v) is 5.57. The van der Waals surface area contributed by atoms with Crippen molar-refractivity contribution in [2.75, 3.05) is 33.4 Å². The van der Waals surface area contributed by atoms with E-state index in [1.165, 1.54) is 16.7 Å². The first-order valence-electron chi connectivity index (χ1n) is 11.0. The third-order valence-electron chi connectivity index (χ3n) is 7.13. The van der Waals surface area contributed by atoms with Crippen molar-refractivity contribution in [3.05, 3.63) is 70.5 Å². The first kappa shape index (κ1) is 20.1. The molecule has 0 unspecified atom stereocenters. The molecule has 2 aliphatic heterocycles. The van der Waals surface area contributed by atoms with Crippen molar-refractivity contribution in [1.29, 1.82) is 0 Å². The fraction of sp³-hybridized carbons (Fsp3) is 0.520. The first-order chi connectivity index (χ1) is 14.5. The molecule has 160 valence electrons. The van der Waals surface area contributed by atoms with Gasteiger partial charge in [-0.15, -0.1) is 0 Å². The summed E-state index contributed by atoms with van der Waals surface area (Å²) in [5.74, 6) is 0.0587. The summed E-state index contributed by atoms with van der Waals surface area (Å²) in [6.07, 6.45) is 3.22. The van der Waals surface area contributed by atoms with Gasteiger partial charge in [0.1, 0.15) is 5.82 Å². The second kappa shape index (κ2) is 8.04. The molecule has 1 aliphatic carbocycles. The van der Waals surface area contributed by atoms with Crippen molar-refractivity contribution in [2.24, 2.45) is 0 Å². The molecule has 0 bridgehead atoms. The smallest absolute Gasteiger partial charge is 0.123 e. The molecule has 0 amide bonds. The molecule has 2 heterocycles. The van der Waals surface area contributed by atoms with Crippen LogP contribution >= 0.6 is 0 Å². The van der Waals surface area contributed by atoms with E-state index >= 15 is 0 Å². The van der Waals surface area contributed by atoms with E-state index in [1.54, 1.807) is 19.2 Å². The molecule has 5 heteroatoms. The Morgan fingerprint density at radius 2 is 1.90 bits per heavy atom. The lowest BCUT2D eigenvalue weighted by Gasteiger charge is -2.38. The highest BCUT2D eigenvalue weighted by Gasteiger charge is 2.42. The number of fused-ring (bicyclic) bond motifs is 5. The van der Waals surface area contributed by atoms with Crippen LogP contribution in [0.4, 0.5) is 4.39 Å². The average Bonchev–Trinajstić information content (AvgIpc) is 3.10. The van der Waals surface area contributed by atoms with E-state index in [1.807, 2.05) is 6.07 Å². The number of nitrogens with zero attached hydrogens (tertiary/aromatic N) is 1. The summed E-state index contributed by atoms with van der Waals surface area (Å²) in [4.78, 5) is 2.39. The maximum atomic E-state index is 14.1. The summed E-state index contributed by atoms with van der Waals surface area (Å²) in [6, 6.07) is 13.7. The molecule has 0 radical (unpaired) electrons. The van der Waals surface area contributed by atoms with Crippen LogP contribution in [0.5, 0.6) is 0 Å². The zero-order valence-electron chi connectivity index (χ0n) is 17.5. The van der Waals surface area contributed by atoms with E-state index in [9.17, 15) is 9.50 Å². The molecule has 3 atom stereocenters. The number of hydrogen-bond acceptors (Lipinski definition) is 4. The maximum Gasteiger partial charge on any atom is 0.123 e. The summed E-state index contributed by atoms with van der Waals surface area (Å²) in [7, 11) is 1.64. The van der Waals surface area contributed by atoms with Crippen molar-refractivity contribution in [3.63, 3.8) is 0 Å². The van der Waals surface area contributed by atoms with Crippen LogP contribution < -0.4 is 0 Å². The Kier molecular flexibility index (Phi) is 5.40. The molecule has 1 N–H and O–H groups in total. The Hall–Kier alpha value is -1.79. The van der Waals surface area contributed by atoms with E-state index < -0.39 is 5.60 Å². The van der Waals surface area contributed by atoms with Crippen LogP contribution in [0.3, 0.4) is 0 Å². The standard InChI is InChI=1S/C25H30FNO3/c1-29-16-25(28)8-10-27(11-9-25)15-20-14-23-21-5-3-2-4-17(21)12-18-6-7-19(26)13-22(18)24(23)30-20/h2-7,13,20,23-24,28H,8-12,14-16H2,1H3/t20-,23-,24+/m1/s1. The Morgan fingerprint density at radius 3 is 2.70 bits per heavy atom. The molecule has 2 aromatic rings. The second-order valence-electron chi connectivity index (χ2n) is 9.20. The molecule has 2 fully saturated rings. The number of ether oxygens (including phenoxy) is 2. The Bertz CT molecular complexity index is 909. The van der Waals surface area contributed by atoms with Crippen LogP contribution in [0.1, 0.15) is 53.5 Å². The lowest BCUT2D eigenvalue weighted by atomic mass is 9.87. The number of hydrogen-bond donors (Lipinski definition) is 1. The molecule has 4 nitrogen and oxygen atoms in total. The normalized spacial score (nSPS) is 27.8. The van der Waals surface area contributed by atoms with Crippen molar-refractivity contribution in [1.82, 2.24) is 4.90 Å². The van der Waals surface area contributed by atoms with Crippen molar-refractivity contribution in [2.45, 2.75) is 49.4 Å². The van der Waals surface area contributed by atoms with E-state index in [4.69, 9.17) is 9.47 Å². The Balaban J connectivity index is 1.36. The van der Waals surface area contributed by atoms with Gasteiger partial charge in [0.05, 0.1) is 24.4 Å². The summed E-state index contributed by atoms with van der Waals surface area (Å²) in [6.45, 7) is 2.93. The lowest BCUT2D eigenvalue weighted by Crippen LogP contribution is -2.48. The minimum atomic E-state index is -0.705. The number of rotatable bonds is 4. The SMILES string of the molecule is COCC1(O)CCN(C[C@H]2C[C@@H]3c4ccccc4Cc4ccc(F)cc4[C@@H]3O2)CC1. The summed E-state index contributed by atoms with van der Waals surface area (Å²) < 4.78 is 25.9. The molecular weight excluding hydrogens is 381 g/mol. The molecule has 2 saturated heterocycles. The molecule has 30 heavy (non-hydrogen) atoms. The Morgan fingerprint density at radius 1 is 1.13 bits per heavy atom. The van der Waals surface area contributed by atoms with Gasteiger partial charge in [-0.05, 0) is 60.1 Å². The average molecular weight is 412 g/mol. The molecule has 0 saturated carbocycles. The number of likely N-dealkylation sites (tertiary alicyclic amines) is 1. The Labute approximate surface area is 177 Å². The van der Waals surface area contributed by atoms with Gasteiger partial charge in [0.25, 0.3) is 0 Å². The third-order valence-corrected chi connectivity index (χ3v) is 7.13. The lowest BCUT2D eigenvalue weighted by molar-refractivity contribution is -0.0775. The van der Waals surface area contributed by atoms with Gasteiger partial charge in [-0.2, -0.15) is 0 Å². The van der Waals surface area contributed by atoms with Crippen molar-refractivity contribution < 1.29 is 19.0 Å². The third kappa shape index (κ3) is 3.80. The summed E-state index contributed by atoms with van der Waals surface area (Å²) in [5, 5.41) is 10.6. The van der Waals surface area contributed by atoms with Gasteiger partial charge in [0, 0.05) is 32.7 Å². The zero-order chi connectivity index (χ0) is 20.7. The van der Waals surface area contributed by atoms with Gasteiger partial charge in [-0.1, -0.05) is 30.3 Å². The molecule has 5 rings (SSSR count). The number of halogens is 1. The monoisotopic (exact) mass is 411 g/mol. The highest BCUT2D eigenvalue weighted by molar-refractivity contribution is 5.45. The van der Waals surface area contributed by atoms with Crippen LogP contribution in [0.15, 0.2) is 42.5 Å². The molecular formula is C25H30FNO3. The van der Waals surface area contributed by atoms with Gasteiger partial charge >= 0.3 is 0 Å². The highest BCUT2D eigenvalue weighted by atomic mass is 19.1. The second-order valence-corrected chi connectivity index (χ2v) is 9.20. The predicted octanol–water partition coefficient (Wildman–Crippen LogP) is 3.82. The molecule has 2 aromatic carbocycles. The number of piperidine rings is 1. The van der Waals surface area contributed by atoms with Crippen molar-refractivity contribution in [3.8, 4) is 0 Å². The minimum absolute atomic E-state index is 0.0976. The van der Waals surface area contributed by atoms with Crippen LogP contribution in [0.2, 0.25) is 0 Å². The summed E-state index contributed by atoms with van der Waals surface area (Å²) >= 11 is 0. The van der Waals surface area contributed by atoms with Crippen LogP contribution in [-0.2, 0) is 15.9 Å². The van der Waals surface area contributed by atoms with E-state index in [-0.39, 0.29) is 23.9 Å². The topological polar surface area (TPSA) is 41.9 Å². The van der Waals surface area contributed by atoms with E-state index in [2.05, 4.69) is 29.2 Å². The van der Waals surface area contributed by atoms with Crippen molar-refractivity contribution >= 4 is 0 Å². The molecule has 0 aromatic heterocycles. The van der Waals surface area contributed by atoms with Gasteiger partial charge in [0.15, 0.2) is 0 Å². The number of benzene rings is 2. The zero-order valence-corrected chi connectivity index (χ0v) is 17.5. The fourth-order valence-electron chi connectivity index (χ4n) is 5.57.